The number of benzene rings is 1. The molecule has 1 atom stereocenters. The molecule has 1 aromatic heterocycles. The first-order chi connectivity index (χ1) is 11.7. The molecule has 1 aliphatic carbocycles. The fraction of sp³-hybridized carbons (Fsp3) is 0.550. The van der Waals surface area contributed by atoms with Gasteiger partial charge in [0.25, 0.3) is 0 Å². The van der Waals surface area contributed by atoms with Gasteiger partial charge in [-0.3, -0.25) is 0 Å². The molecule has 4 nitrogen and oxygen atoms in total. The minimum absolute atomic E-state index is 0. The molecule has 1 aliphatic rings. The third kappa shape index (κ3) is 4.56. The van der Waals surface area contributed by atoms with Gasteiger partial charge in [-0.25, -0.2) is 4.98 Å². The highest BCUT2D eigenvalue weighted by Gasteiger charge is 2.24. The largest absolute Gasteiger partial charge is 0.372 e. The molecule has 5 heteroatoms. The topological polar surface area (TPSA) is 57.9 Å². The highest BCUT2D eigenvalue weighted by Crippen LogP contribution is 2.32. The van der Waals surface area contributed by atoms with E-state index in [9.17, 15) is 0 Å². The maximum Gasteiger partial charge on any atom is 0.123 e. The van der Waals surface area contributed by atoms with Crippen LogP contribution in [0.2, 0.25) is 0 Å². The van der Waals surface area contributed by atoms with Crippen LogP contribution >= 0.6 is 12.4 Å². The molecule has 0 spiro atoms. The molecule has 0 bridgehead atoms. The van der Waals surface area contributed by atoms with Crippen molar-refractivity contribution in [3.63, 3.8) is 0 Å². The Labute approximate surface area is 157 Å². The summed E-state index contributed by atoms with van der Waals surface area (Å²) in [5, 5.41) is 0. The second-order valence-electron chi connectivity index (χ2n) is 6.83. The van der Waals surface area contributed by atoms with E-state index in [1.807, 2.05) is 6.20 Å². The van der Waals surface area contributed by atoms with Crippen LogP contribution in [0.4, 0.5) is 5.69 Å². The Morgan fingerprint density at radius 1 is 1.12 bits per heavy atom. The van der Waals surface area contributed by atoms with Gasteiger partial charge in [0.05, 0.1) is 17.9 Å². The summed E-state index contributed by atoms with van der Waals surface area (Å²) < 4.78 is 0. The zero-order valence-electron chi connectivity index (χ0n) is 15.4. The van der Waals surface area contributed by atoms with Crippen molar-refractivity contribution < 1.29 is 0 Å². The maximum atomic E-state index is 6.46. The quantitative estimate of drug-likeness (QED) is 0.766. The van der Waals surface area contributed by atoms with Crippen molar-refractivity contribution >= 4 is 18.1 Å². The van der Waals surface area contributed by atoms with Gasteiger partial charge in [0.2, 0.25) is 0 Å². The summed E-state index contributed by atoms with van der Waals surface area (Å²) in [7, 11) is 0. The van der Waals surface area contributed by atoms with Crippen molar-refractivity contribution in [2.75, 3.05) is 18.0 Å². The lowest BCUT2D eigenvalue weighted by molar-refractivity contribution is 0.302. The van der Waals surface area contributed by atoms with E-state index >= 15 is 0 Å². The Balaban J connectivity index is 0.00000225. The summed E-state index contributed by atoms with van der Waals surface area (Å²) in [6.07, 6.45) is 8.35. The molecular formula is C20H31ClN4. The number of nitrogens with one attached hydrogen (secondary N) is 1. The molecule has 1 heterocycles. The summed E-state index contributed by atoms with van der Waals surface area (Å²) in [4.78, 5) is 10.4. The van der Waals surface area contributed by atoms with Crippen LogP contribution in [0.15, 0.2) is 30.5 Å². The average molecular weight is 363 g/mol. The zero-order valence-corrected chi connectivity index (χ0v) is 16.2. The fourth-order valence-corrected chi connectivity index (χ4v) is 3.81. The van der Waals surface area contributed by atoms with Gasteiger partial charge >= 0.3 is 0 Å². The molecule has 1 fully saturated rings. The number of halogens is 1. The first kappa shape index (κ1) is 19.8. The molecule has 0 amide bonds. The normalized spacial score (nSPS) is 16.3. The predicted molar refractivity (Wildman–Crippen MR) is 108 cm³/mol. The fourth-order valence-electron chi connectivity index (χ4n) is 3.81. The number of aromatic amines is 1. The van der Waals surface area contributed by atoms with Crippen LogP contribution in [0, 0.1) is 5.92 Å². The summed E-state index contributed by atoms with van der Waals surface area (Å²) in [5.74, 6) is 1.51. The minimum Gasteiger partial charge on any atom is -0.372 e. The van der Waals surface area contributed by atoms with Gasteiger partial charge in [-0.15, -0.1) is 12.4 Å². The van der Waals surface area contributed by atoms with Crippen LogP contribution in [0.1, 0.15) is 57.8 Å². The molecule has 25 heavy (non-hydrogen) atoms. The lowest BCUT2D eigenvalue weighted by atomic mass is 9.84. The molecule has 1 saturated carbocycles. The van der Waals surface area contributed by atoms with Crippen LogP contribution in [-0.4, -0.2) is 23.1 Å². The van der Waals surface area contributed by atoms with E-state index in [4.69, 9.17) is 5.73 Å². The number of hydrogen-bond donors (Lipinski definition) is 2. The van der Waals surface area contributed by atoms with E-state index in [2.05, 4.69) is 53.0 Å². The Morgan fingerprint density at radius 2 is 1.76 bits per heavy atom. The lowest BCUT2D eigenvalue weighted by Gasteiger charge is -2.26. The van der Waals surface area contributed by atoms with Crippen LogP contribution in [0.25, 0.3) is 11.3 Å². The Hall–Kier alpha value is -1.52. The van der Waals surface area contributed by atoms with Gasteiger partial charge in [-0.1, -0.05) is 31.4 Å². The molecule has 2 aromatic rings. The molecule has 0 unspecified atom stereocenters. The molecule has 138 valence electrons. The van der Waals surface area contributed by atoms with Gasteiger partial charge in [-0.2, -0.15) is 0 Å². The lowest BCUT2D eigenvalue weighted by Crippen LogP contribution is -2.24. The third-order valence-electron chi connectivity index (χ3n) is 5.38. The van der Waals surface area contributed by atoms with Crippen LogP contribution in [-0.2, 0) is 0 Å². The number of nitrogens with two attached hydrogens (primary N) is 1. The summed E-state index contributed by atoms with van der Waals surface area (Å²) in [5.41, 5.74) is 9.95. The number of imidazole rings is 1. The van der Waals surface area contributed by atoms with Gasteiger partial charge in [0.1, 0.15) is 5.82 Å². The zero-order chi connectivity index (χ0) is 16.9. The monoisotopic (exact) mass is 362 g/mol. The van der Waals surface area contributed by atoms with Gasteiger partial charge in [0.15, 0.2) is 0 Å². The molecule has 3 rings (SSSR count). The molecule has 1 aromatic carbocycles. The van der Waals surface area contributed by atoms with Crippen molar-refractivity contribution in [2.24, 2.45) is 11.7 Å². The molecule has 3 N–H and O–H groups in total. The number of H-pyrrole nitrogens is 1. The van der Waals surface area contributed by atoms with Crippen LogP contribution in [0.3, 0.4) is 0 Å². The summed E-state index contributed by atoms with van der Waals surface area (Å²) >= 11 is 0. The minimum atomic E-state index is 0. The van der Waals surface area contributed by atoms with Crippen LogP contribution in [0.5, 0.6) is 0 Å². The highest BCUT2D eigenvalue weighted by atomic mass is 35.5. The maximum absolute atomic E-state index is 6.46. The van der Waals surface area contributed by atoms with Gasteiger partial charge in [-0.05, 0) is 50.3 Å². The molecular weight excluding hydrogens is 332 g/mol. The average Bonchev–Trinajstić information content (AvgIpc) is 3.13. The Morgan fingerprint density at radius 3 is 2.36 bits per heavy atom. The number of nitrogens with zero attached hydrogens (tertiary/aromatic N) is 2. The number of hydrogen-bond acceptors (Lipinski definition) is 3. The SMILES string of the molecule is CCN(CC)c1ccc(-c2cnc([C@@H](N)C3CCCCC3)[nH]2)cc1.Cl. The highest BCUT2D eigenvalue weighted by molar-refractivity contribution is 5.85. The first-order valence-corrected chi connectivity index (χ1v) is 9.38. The van der Waals surface area contributed by atoms with E-state index in [1.165, 1.54) is 43.4 Å². The standard InChI is InChI=1S/C20H30N4.ClH/c1-3-24(4-2)17-12-10-15(11-13-17)18-14-22-20(23-18)19(21)16-8-6-5-7-9-16;/h10-14,16,19H,3-9,21H2,1-2H3,(H,22,23);1H/t19-;/m0./s1. The van der Waals surface area contributed by atoms with Gasteiger partial charge in [0, 0.05) is 18.8 Å². The number of anilines is 1. The van der Waals surface area contributed by atoms with Crippen molar-refractivity contribution in [1.82, 2.24) is 9.97 Å². The van der Waals surface area contributed by atoms with E-state index in [0.717, 1.165) is 24.6 Å². The number of rotatable bonds is 6. The van der Waals surface area contributed by atoms with Crippen LogP contribution < -0.4 is 10.6 Å². The van der Waals surface area contributed by atoms with Crippen molar-refractivity contribution in [1.29, 1.82) is 0 Å². The van der Waals surface area contributed by atoms with Crippen molar-refractivity contribution in [3.8, 4) is 11.3 Å². The Bertz CT molecular complexity index is 627. The van der Waals surface area contributed by atoms with Gasteiger partial charge < -0.3 is 15.6 Å². The second kappa shape index (κ2) is 9.25. The first-order valence-electron chi connectivity index (χ1n) is 9.38. The van der Waals surface area contributed by atoms with Crippen molar-refractivity contribution in [2.45, 2.75) is 52.0 Å². The van der Waals surface area contributed by atoms with Crippen molar-refractivity contribution in [3.05, 3.63) is 36.3 Å². The van der Waals surface area contributed by atoms with E-state index in [-0.39, 0.29) is 18.4 Å². The van der Waals surface area contributed by atoms with E-state index in [1.54, 1.807) is 0 Å². The molecule has 0 radical (unpaired) electrons. The summed E-state index contributed by atoms with van der Waals surface area (Å²) in [6.45, 7) is 6.43. The van der Waals surface area contributed by atoms with E-state index in [0.29, 0.717) is 5.92 Å². The predicted octanol–water partition coefficient (Wildman–Crippen LogP) is 4.92. The van der Waals surface area contributed by atoms with E-state index < -0.39 is 0 Å². The smallest absolute Gasteiger partial charge is 0.123 e. The molecule has 0 saturated heterocycles. The second-order valence-corrected chi connectivity index (χ2v) is 6.83. The molecule has 0 aliphatic heterocycles. The summed E-state index contributed by atoms with van der Waals surface area (Å²) in [6, 6.07) is 8.73. The number of aromatic nitrogens is 2. The third-order valence-corrected chi connectivity index (χ3v) is 5.38. The Kier molecular flexibility index (Phi) is 7.33.